The van der Waals surface area contributed by atoms with Gasteiger partial charge < -0.3 is 14.2 Å². The number of hydrogen-bond acceptors (Lipinski definition) is 4. The molecule has 2 aromatic heterocycles. The van der Waals surface area contributed by atoms with E-state index in [2.05, 4.69) is 24.1 Å². The van der Waals surface area contributed by atoms with Crippen LogP contribution in [0.25, 0.3) is 11.1 Å². The molecule has 1 N–H and O–H groups in total. The lowest BCUT2D eigenvalue weighted by Gasteiger charge is -2.03. The van der Waals surface area contributed by atoms with E-state index in [4.69, 9.17) is 8.83 Å². The van der Waals surface area contributed by atoms with E-state index in [1.165, 1.54) is 0 Å². The fraction of sp³-hybridized carbons (Fsp3) is 0.312. The fourth-order valence-electron chi connectivity index (χ4n) is 2.07. The molecule has 0 bridgehead atoms. The lowest BCUT2D eigenvalue weighted by Crippen LogP contribution is -1.97. The Morgan fingerprint density at radius 3 is 2.70 bits per heavy atom. The molecule has 0 fully saturated rings. The molecule has 0 saturated carbocycles. The zero-order chi connectivity index (χ0) is 14.1. The monoisotopic (exact) mass is 270 g/mol. The summed E-state index contributed by atoms with van der Waals surface area (Å²) in [7, 11) is 0. The van der Waals surface area contributed by atoms with Gasteiger partial charge in [-0.25, -0.2) is 4.98 Å². The van der Waals surface area contributed by atoms with Gasteiger partial charge in [-0.2, -0.15) is 0 Å². The summed E-state index contributed by atoms with van der Waals surface area (Å²) in [6.07, 6.45) is 0. The van der Waals surface area contributed by atoms with Gasteiger partial charge in [0.1, 0.15) is 17.0 Å². The summed E-state index contributed by atoms with van der Waals surface area (Å²) >= 11 is 0. The van der Waals surface area contributed by atoms with Crippen molar-refractivity contribution in [2.75, 3.05) is 5.32 Å². The predicted molar refractivity (Wildman–Crippen MR) is 78.9 cm³/mol. The molecule has 4 heteroatoms. The summed E-state index contributed by atoms with van der Waals surface area (Å²) in [5, 5.41) is 3.33. The number of benzene rings is 1. The molecule has 4 nitrogen and oxygen atoms in total. The minimum absolute atomic E-state index is 0.296. The molecule has 3 aromatic rings. The van der Waals surface area contributed by atoms with Crippen molar-refractivity contribution in [2.45, 2.75) is 33.2 Å². The maximum absolute atomic E-state index is 5.69. The minimum atomic E-state index is 0.296. The van der Waals surface area contributed by atoms with E-state index in [0.29, 0.717) is 12.5 Å². The quantitative estimate of drug-likeness (QED) is 0.760. The van der Waals surface area contributed by atoms with Gasteiger partial charge in [0.25, 0.3) is 0 Å². The van der Waals surface area contributed by atoms with Gasteiger partial charge in [0.05, 0.1) is 6.54 Å². The molecule has 1 aromatic carbocycles. The van der Waals surface area contributed by atoms with Crippen LogP contribution in [-0.2, 0) is 6.54 Å². The van der Waals surface area contributed by atoms with E-state index in [-0.39, 0.29) is 0 Å². The van der Waals surface area contributed by atoms with Gasteiger partial charge in [0.2, 0.25) is 0 Å². The van der Waals surface area contributed by atoms with Crippen molar-refractivity contribution in [1.82, 2.24) is 4.98 Å². The molecule has 0 atom stereocenters. The van der Waals surface area contributed by atoms with Crippen LogP contribution in [-0.4, -0.2) is 4.98 Å². The van der Waals surface area contributed by atoms with E-state index in [9.17, 15) is 0 Å². The number of rotatable bonds is 4. The SMILES string of the molecule is Cc1ccc(CNc2ccc3oc(C(C)C)nc3c2)o1. The van der Waals surface area contributed by atoms with Crippen molar-refractivity contribution >= 4 is 16.8 Å². The first kappa shape index (κ1) is 12.8. The molecule has 20 heavy (non-hydrogen) atoms. The Morgan fingerprint density at radius 1 is 1.15 bits per heavy atom. The van der Waals surface area contributed by atoms with Crippen LogP contribution in [0.2, 0.25) is 0 Å². The molecule has 0 saturated heterocycles. The van der Waals surface area contributed by atoms with E-state index in [1.807, 2.05) is 37.3 Å². The highest BCUT2D eigenvalue weighted by atomic mass is 16.3. The zero-order valence-corrected chi connectivity index (χ0v) is 11.9. The van der Waals surface area contributed by atoms with Crippen molar-refractivity contribution in [1.29, 1.82) is 0 Å². The van der Waals surface area contributed by atoms with E-state index >= 15 is 0 Å². The van der Waals surface area contributed by atoms with Crippen LogP contribution in [0.1, 0.15) is 37.2 Å². The molecule has 0 aliphatic rings. The predicted octanol–water partition coefficient (Wildman–Crippen LogP) is 4.46. The van der Waals surface area contributed by atoms with Crippen LogP contribution in [0.5, 0.6) is 0 Å². The third-order valence-corrected chi connectivity index (χ3v) is 3.16. The molecule has 0 amide bonds. The van der Waals surface area contributed by atoms with E-state index < -0.39 is 0 Å². The maximum atomic E-state index is 5.69. The second-order valence-electron chi connectivity index (χ2n) is 5.26. The average molecular weight is 270 g/mol. The van der Waals surface area contributed by atoms with E-state index in [0.717, 1.165) is 34.2 Å². The number of anilines is 1. The summed E-state index contributed by atoms with van der Waals surface area (Å²) in [6, 6.07) is 9.89. The molecule has 0 unspecified atom stereocenters. The van der Waals surface area contributed by atoms with Crippen molar-refractivity contribution in [2.24, 2.45) is 0 Å². The Labute approximate surface area is 117 Å². The number of nitrogens with one attached hydrogen (secondary N) is 1. The highest BCUT2D eigenvalue weighted by molar-refractivity contribution is 5.77. The van der Waals surface area contributed by atoms with Crippen molar-refractivity contribution in [3.8, 4) is 0 Å². The fourth-order valence-corrected chi connectivity index (χ4v) is 2.07. The lowest BCUT2D eigenvalue weighted by atomic mass is 10.2. The maximum Gasteiger partial charge on any atom is 0.198 e. The second-order valence-corrected chi connectivity index (χ2v) is 5.26. The van der Waals surface area contributed by atoms with Crippen molar-refractivity contribution in [3.63, 3.8) is 0 Å². The third-order valence-electron chi connectivity index (χ3n) is 3.16. The Kier molecular flexibility index (Phi) is 3.22. The van der Waals surface area contributed by atoms with Crippen LogP contribution in [0.15, 0.2) is 39.2 Å². The van der Waals surface area contributed by atoms with Crippen LogP contribution in [0.3, 0.4) is 0 Å². The van der Waals surface area contributed by atoms with Gasteiger partial charge in [0.15, 0.2) is 11.5 Å². The van der Waals surface area contributed by atoms with Gasteiger partial charge >= 0.3 is 0 Å². The first-order chi connectivity index (χ1) is 9.61. The number of aromatic nitrogens is 1. The van der Waals surface area contributed by atoms with Crippen LogP contribution in [0, 0.1) is 6.92 Å². The molecule has 2 heterocycles. The normalized spacial score (nSPS) is 11.4. The highest BCUT2D eigenvalue weighted by Crippen LogP contribution is 2.24. The number of oxazole rings is 1. The molecule has 0 aliphatic carbocycles. The summed E-state index contributed by atoms with van der Waals surface area (Å²) in [4.78, 5) is 4.50. The number of furan rings is 1. The number of hydrogen-bond donors (Lipinski definition) is 1. The van der Waals surface area contributed by atoms with Gasteiger partial charge in [-0.15, -0.1) is 0 Å². The molecular formula is C16H18N2O2. The smallest absolute Gasteiger partial charge is 0.198 e. The van der Waals surface area contributed by atoms with Crippen LogP contribution >= 0.6 is 0 Å². The Morgan fingerprint density at radius 2 is 2.00 bits per heavy atom. The standard InChI is InChI=1S/C16H18N2O2/c1-10(2)16-18-14-8-12(5-7-15(14)20-16)17-9-13-6-4-11(3)19-13/h4-8,10,17H,9H2,1-3H3. The summed E-state index contributed by atoms with van der Waals surface area (Å²) < 4.78 is 11.2. The first-order valence-corrected chi connectivity index (χ1v) is 6.81. The highest BCUT2D eigenvalue weighted by Gasteiger charge is 2.09. The lowest BCUT2D eigenvalue weighted by molar-refractivity contribution is 0.490. The average Bonchev–Trinajstić information content (AvgIpc) is 3.01. The number of nitrogens with zero attached hydrogens (tertiary/aromatic N) is 1. The number of fused-ring (bicyclic) bond motifs is 1. The first-order valence-electron chi connectivity index (χ1n) is 6.81. The Balaban J connectivity index is 1.78. The Hall–Kier alpha value is -2.23. The van der Waals surface area contributed by atoms with Gasteiger partial charge in [-0.1, -0.05) is 13.8 Å². The third kappa shape index (κ3) is 2.54. The van der Waals surface area contributed by atoms with E-state index in [1.54, 1.807) is 0 Å². The minimum Gasteiger partial charge on any atom is -0.465 e. The summed E-state index contributed by atoms with van der Waals surface area (Å²) in [6.45, 7) is 6.75. The van der Waals surface area contributed by atoms with Crippen LogP contribution < -0.4 is 5.32 Å². The largest absolute Gasteiger partial charge is 0.465 e. The van der Waals surface area contributed by atoms with Gasteiger partial charge in [-0.05, 0) is 37.3 Å². The van der Waals surface area contributed by atoms with Gasteiger partial charge in [-0.3, -0.25) is 0 Å². The molecule has 0 aliphatic heterocycles. The summed E-state index contributed by atoms with van der Waals surface area (Å²) in [5.74, 6) is 2.92. The zero-order valence-electron chi connectivity index (χ0n) is 11.9. The van der Waals surface area contributed by atoms with Crippen molar-refractivity contribution in [3.05, 3.63) is 47.7 Å². The Bertz CT molecular complexity index is 725. The van der Waals surface area contributed by atoms with Gasteiger partial charge in [0, 0.05) is 11.6 Å². The molecule has 3 rings (SSSR count). The molecular weight excluding hydrogens is 252 g/mol. The van der Waals surface area contributed by atoms with Crippen molar-refractivity contribution < 1.29 is 8.83 Å². The molecule has 104 valence electrons. The molecule has 0 radical (unpaired) electrons. The number of aryl methyl sites for hydroxylation is 1. The van der Waals surface area contributed by atoms with Crippen LogP contribution in [0.4, 0.5) is 5.69 Å². The topological polar surface area (TPSA) is 51.2 Å². The summed E-state index contributed by atoms with van der Waals surface area (Å²) in [5.41, 5.74) is 2.72. The second kappa shape index (κ2) is 5.04. The molecule has 0 spiro atoms.